The van der Waals surface area contributed by atoms with E-state index in [9.17, 15) is 0 Å². The third-order valence-electron chi connectivity index (χ3n) is 1.07. The maximum Gasteiger partial charge on any atom is 0.148 e. The van der Waals surface area contributed by atoms with Crippen LogP contribution in [0.1, 0.15) is 0 Å². The summed E-state index contributed by atoms with van der Waals surface area (Å²) in [6, 6.07) is 0. The molecule has 0 saturated heterocycles. The van der Waals surface area contributed by atoms with Gasteiger partial charge in [0, 0.05) is 5.54 Å². The van der Waals surface area contributed by atoms with Gasteiger partial charge in [0.15, 0.2) is 0 Å². The molecule has 0 aliphatic carbocycles. The predicted octanol–water partition coefficient (Wildman–Crippen LogP) is 2.32. The number of hydrogen-bond donors (Lipinski definition) is 0. The van der Waals surface area contributed by atoms with Gasteiger partial charge in [0.05, 0.1) is 0 Å². The number of allylic oxidation sites excluding steroid dienone is 2. The van der Waals surface area contributed by atoms with Crippen LogP contribution in [-0.4, -0.2) is 8.11 Å². The lowest BCUT2D eigenvalue weighted by atomic mass is 10.4. The summed E-state index contributed by atoms with van der Waals surface area (Å²) in [6.07, 6.45) is 3.72. The van der Waals surface area contributed by atoms with E-state index >= 15 is 0 Å². The van der Waals surface area contributed by atoms with Crippen molar-refractivity contribution in [3.63, 3.8) is 0 Å². The van der Waals surface area contributed by atoms with Crippen LogP contribution in [0.2, 0.25) is 12.1 Å². The minimum absolute atomic E-state index is 0.386. The van der Waals surface area contributed by atoms with Crippen LogP contribution in [0, 0.1) is 0 Å². The van der Waals surface area contributed by atoms with Gasteiger partial charge in [-0.15, -0.1) is 13.2 Å². The van der Waals surface area contributed by atoms with E-state index in [-0.39, 0.29) is 0 Å². The van der Waals surface area contributed by atoms with E-state index in [1.54, 1.807) is 0 Å². The molecule has 2 heteroatoms. The maximum absolute atomic E-state index is 5.84. The molecule has 0 rings (SSSR count). The van der Waals surface area contributed by atoms with Crippen molar-refractivity contribution in [2.75, 3.05) is 0 Å². The Bertz CT molecular complexity index is 80.5. The molecule has 0 amide bonds. The van der Waals surface area contributed by atoms with Gasteiger partial charge in [0.2, 0.25) is 0 Å². The van der Waals surface area contributed by atoms with Crippen molar-refractivity contribution in [2.45, 2.75) is 12.1 Å². The predicted molar refractivity (Wildman–Crippen MR) is 43.0 cm³/mol. The summed E-state index contributed by atoms with van der Waals surface area (Å²) in [5.74, 6) is 0. The summed E-state index contributed by atoms with van der Waals surface area (Å²) in [6.45, 7) is 9.33. The fourth-order valence-corrected chi connectivity index (χ4v) is 1.84. The van der Waals surface area contributed by atoms with Gasteiger partial charge in [-0.3, -0.25) is 0 Å². The molecule has 0 bridgehead atoms. The Hall–Kier alpha value is -0.0131. The molecule has 0 radical (unpaired) electrons. The van der Waals surface area contributed by atoms with Crippen LogP contribution >= 0.6 is 11.1 Å². The van der Waals surface area contributed by atoms with E-state index < -0.39 is 8.11 Å². The Kier molecular flexibility index (Phi) is 3.92. The van der Waals surface area contributed by atoms with Gasteiger partial charge in [0.25, 0.3) is 0 Å². The maximum atomic E-state index is 5.84. The van der Waals surface area contributed by atoms with Gasteiger partial charge < -0.3 is 0 Å². The molecule has 8 heavy (non-hydrogen) atoms. The molecule has 46 valence electrons. The first-order valence-corrected chi connectivity index (χ1v) is 6.18. The molecule has 0 fully saturated rings. The van der Waals surface area contributed by atoms with Crippen LogP contribution in [0.5, 0.6) is 0 Å². The molecule has 1 unspecified atom stereocenters. The second-order valence-electron chi connectivity index (χ2n) is 1.73. The SMILES string of the molecule is C=CC(C=C)[SiH](C)Cl. The van der Waals surface area contributed by atoms with Crippen LogP contribution in [0.3, 0.4) is 0 Å². The van der Waals surface area contributed by atoms with Gasteiger partial charge in [-0.1, -0.05) is 18.7 Å². The standard InChI is InChI=1S/C6H11ClSi/c1-4-6(5-2)8(3)7/h4-6,8H,1-2H2,3H3. The van der Waals surface area contributed by atoms with E-state index in [1.807, 2.05) is 12.2 Å². The van der Waals surface area contributed by atoms with Crippen molar-refractivity contribution in [3.05, 3.63) is 25.3 Å². The second kappa shape index (κ2) is 3.93. The topological polar surface area (TPSA) is 0 Å². The van der Waals surface area contributed by atoms with Crippen LogP contribution < -0.4 is 0 Å². The third-order valence-corrected chi connectivity index (χ3v) is 3.55. The van der Waals surface area contributed by atoms with E-state index in [0.29, 0.717) is 5.54 Å². The molecule has 0 aliphatic rings. The molecule has 0 aromatic carbocycles. The van der Waals surface area contributed by atoms with E-state index in [0.717, 1.165) is 0 Å². The molecular weight excluding hydrogens is 136 g/mol. The lowest BCUT2D eigenvalue weighted by Gasteiger charge is -2.04. The second-order valence-corrected chi connectivity index (χ2v) is 5.92. The highest BCUT2D eigenvalue weighted by atomic mass is 35.6. The zero-order valence-corrected chi connectivity index (χ0v) is 7.01. The Balaban J connectivity index is 3.68. The number of halogens is 1. The molecule has 1 atom stereocenters. The smallest absolute Gasteiger partial charge is 0.148 e. The van der Waals surface area contributed by atoms with Gasteiger partial charge in [-0.05, 0) is 0 Å². The molecule has 0 saturated carbocycles. The van der Waals surface area contributed by atoms with Gasteiger partial charge in [-0.25, -0.2) is 0 Å². The lowest BCUT2D eigenvalue weighted by molar-refractivity contribution is 1.36. The first-order valence-electron chi connectivity index (χ1n) is 2.61. The van der Waals surface area contributed by atoms with Gasteiger partial charge in [-0.2, -0.15) is 11.1 Å². The minimum atomic E-state index is -1.05. The minimum Gasteiger partial charge on any atom is -0.171 e. The van der Waals surface area contributed by atoms with Crippen molar-refractivity contribution in [1.82, 2.24) is 0 Å². The molecule has 0 N–H and O–H groups in total. The first kappa shape index (κ1) is 7.99. The Labute approximate surface area is 57.2 Å². The fourth-order valence-electron chi connectivity index (χ4n) is 0.471. The summed E-state index contributed by atoms with van der Waals surface area (Å²) in [5, 5.41) is 0. The van der Waals surface area contributed by atoms with Crippen LogP contribution in [0.15, 0.2) is 25.3 Å². The molecule has 0 heterocycles. The van der Waals surface area contributed by atoms with Gasteiger partial charge in [0.1, 0.15) is 8.11 Å². The monoisotopic (exact) mass is 146 g/mol. The van der Waals surface area contributed by atoms with Crippen LogP contribution in [0.25, 0.3) is 0 Å². The molecule has 0 spiro atoms. The fraction of sp³-hybridized carbons (Fsp3) is 0.333. The average molecular weight is 147 g/mol. The summed E-state index contributed by atoms with van der Waals surface area (Å²) in [4.78, 5) is 0. The normalized spacial score (nSPS) is 13.4. The Morgan fingerprint density at radius 1 is 1.50 bits per heavy atom. The quantitative estimate of drug-likeness (QED) is 0.326. The molecule has 0 aromatic heterocycles. The van der Waals surface area contributed by atoms with E-state index in [2.05, 4.69) is 19.7 Å². The number of hydrogen-bond acceptors (Lipinski definition) is 0. The van der Waals surface area contributed by atoms with Crippen molar-refractivity contribution >= 4 is 19.2 Å². The summed E-state index contributed by atoms with van der Waals surface area (Å²) in [5.41, 5.74) is 0.386. The highest BCUT2D eigenvalue weighted by Crippen LogP contribution is 2.14. The molecule has 0 nitrogen and oxygen atoms in total. The van der Waals surface area contributed by atoms with Crippen LogP contribution in [0.4, 0.5) is 0 Å². The van der Waals surface area contributed by atoms with E-state index in [4.69, 9.17) is 11.1 Å². The van der Waals surface area contributed by atoms with Crippen molar-refractivity contribution < 1.29 is 0 Å². The molecule has 0 aromatic rings. The molecule has 0 aliphatic heterocycles. The Morgan fingerprint density at radius 2 is 1.88 bits per heavy atom. The summed E-state index contributed by atoms with van der Waals surface area (Å²) in [7, 11) is -1.05. The third kappa shape index (κ3) is 2.33. The largest absolute Gasteiger partial charge is 0.171 e. The van der Waals surface area contributed by atoms with Crippen LogP contribution in [-0.2, 0) is 0 Å². The molecular formula is C6H11ClSi. The van der Waals surface area contributed by atoms with Crippen molar-refractivity contribution in [3.8, 4) is 0 Å². The zero-order chi connectivity index (χ0) is 6.57. The first-order chi connectivity index (χ1) is 3.72. The van der Waals surface area contributed by atoms with Gasteiger partial charge >= 0.3 is 0 Å². The highest BCUT2D eigenvalue weighted by molar-refractivity contribution is 7.07. The van der Waals surface area contributed by atoms with E-state index in [1.165, 1.54) is 0 Å². The highest BCUT2D eigenvalue weighted by Gasteiger charge is 2.06. The Morgan fingerprint density at radius 3 is 1.88 bits per heavy atom. The summed E-state index contributed by atoms with van der Waals surface area (Å²) < 4.78 is 0. The lowest BCUT2D eigenvalue weighted by Crippen LogP contribution is -2.02. The summed E-state index contributed by atoms with van der Waals surface area (Å²) >= 11 is 5.84. The van der Waals surface area contributed by atoms with Crippen molar-refractivity contribution in [2.24, 2.45) is 0 Å². The van der Waals surface area contributed by atoms with Crippen molar-refractivity contribution in [1.29, 1.82) is 0 Å². The average Bonchev–Trinajstić information content (AvgIpc) is 1.69. The number of rotatable bonds is 3. The zero-order valence-electron chi connectivity index (χ0n) is 5.10.